The van der Waals surface area contributed by atoms with E-state index in [1.165, 1.54) is 0 Å². The number of hydrogen-bond donors (Lipinski definition) is 0. The molecule has 0 fully saturated rings. The number of carbonyl (C=O) groups excluding carboxylic acids is 1. The first kappa shape index (κ1) is 20.9. The maximum Gasteiger partial charge on any atom is 0.223 e. The van der Waals surface area contributed by atoms with Crippen LogP contribution < -0.4 is 4.74 Å². The molecule has 3 rings (SSSR count). The number of nitrogens with zero attached hydrogens (tertiary/aromatic N) is 2. The second-order valence-corrected chi connectivity index (χ2v) is 8.70. The van der Waals surface area contributed by atoms with Gasteiger partial charge < -0.3 is 14.5 Å². The molecule has 2 aromatic carbocycles. The maximum atomic E-state index is 13.1. The van der Waals surface area contributed by atoms with Crippen LogP contribution in [-0.4, -0.2) is 36.3 Å². The van der Waals surface area contributed by atoms with E-state index in [-0.39, 0.29) is 17.4 Å². The van der Waals surface area contributed by atoms with Crippen LogP contribution in [0.25, 0.3) is 0 Å². The van der Waals surface area contributed by atoms with Crippen LogP contribution in [0.3, 0.4) is 0 Å². The zero-order valence-corrected chi connectivity index (χ0v) is 17.7. The number of rotatable bonds is 7. The van der Waals surface area contributed by atoms with Gasteiger partial charge in [-0.25, -0.2) is 0 Å². The van der Waals surface area contributed by atoms with Gasteiger partial charge in [-0.1, -0.05) is 68.4 Å². The molecule has 2 aromatic rings. The smallest absolute Gasteiger partial charge is 0.223 e. The van der Waals surface area contributed by atoms with E-state index in [0.29, 0.717) is 25.9 Å². The number of benzene rings is 2. The largest absolute Gasteiger partial charge is 0.497 e. The summed E-state index contributed by atoms with van der Waals surface area (Å²) in [5.74, 6) is 0.912. The van der Waals surface area contributed by atoms with Crippen LogP contribution in [0.15, 0.2) is 59.8 Å². The highest BCUT2D eigenvalue weighted by atomic mass is 16.6. The Morgan fingerprint density at radius 1 is 1.17 bits per heavy atom. The standard InChI is InChI=1S/C24H30N2O3/c1-24(2,3)15-23(27)26(16-18-9-8-12-20(13-18)28-4)17-21-14-22(25-29-21)19-10-6-5-7-11-19/h5-13,21H,14-17H2,1-4H3/t21-/m1/s1. The molecule has 0 bridgehead atoms. The monoisotopic (exact) mass is 394 g/mol. The average molecular weight is 395 g/mol. The highest BCUT2D eigenvalue weighted by Crippen LogP contribution is 2.24. The van der Waals surface area contributed by atoms with E-state index in [9.17, 15) is 4.79 Å². The van der Waals surface area contributed by atoms with Crippen molar-refractivity contribution in [2.45, 2.75) is 46.3 Å². The van der Waals surface area contributed by atoms with E-state index in [4.69, 9.17) is 9.57 Å². The maximum absolute atomic E-state index is 13.1. The van der Waals surface area contributed by atoms with Crippen molar-refractivity contribution >= 4 is 11.6 Å². The fraction of sp³-hybridized carbons (Fsp3) is 0.417. The Morgan fingerprint density at radius 3 is 2.62 bits per heavy atom. The molecular formula is C24H30N2O3. The number of amides is 1. The third-order valence-corrected chi connectivity index (χ3v) is 4.81. The molecule has 1 atom stereocenters. The molecule has 0 unspecified atom stereocenters. The van der Waals surface area contributed by atoms with Crippen molar-refractivity contribution in [3.05, 3.63) is 65.7 Å². The minimum atomic E-state index is -0.139. The summed E-state index contributed by atoms with van der Waals surface area (Å²) < 4.78 is 5.33. The van der Waals surface area contributed by atoms with Crippen molar-refractivity contribution in [1.82, 2.24) is 4.90 Å². The van der Waals surface area contributed by atoms with E-state index in [2.05, 4.69) is 25.9 Å². The Kier molecular flexibility index (Phi) is 6.57. The van der Waals surface area contributed by atoms with Crippen molar-refractivity contribution in [2.24, 2.45) is 10.6 Å². The van der Waals surface area contributed by atoms with Crippen LogP contribution in [0.2, 0.25) is 0 Å². The lowest BCUT2D eigenvalue weighted by atomic mass is 9.91. The summed E-state index contributed by atoms with van der Waals surface area (Å²) in [7, 11) is 1.65. The van der Waals surface area contributed by atoms with Crippen LogP contribution in [0, 0.1) is 5.41 Å². The van der Waals surface area contributed by atoms with Crippen LogP contribution in [-0.2, 0) is 16.2 Å². The Morgan fingerprint density at radius 2 is 1.93 bits per heavy atom. The second kappa shape index (κ2) is 9.12. The lowest BCUT2D eigenvalue weighted by Gasteiger charge is -2.28. The molecule has 0 saturated carbocycles. The highest BCUT2D eigenvalue weighted by molar-refractivity contribution is 6.01. The van der Waals surface area contributed by atoms with Gasteiger partial charge in [-0.3, -0.25) is 4.79 Å². The first-order chi connectivity index (χ1) is 13.8. The molecule has 5 nitrogen and oxygen atoms in total. The third kappa shape index (κ3) is 6.08. The minimum Gasteiger partial charge on any atom is -0.497 e. The van der Waals surface area contributed by atoms with E-state index < -0.39 is 0 Å². The Hall–Kier alpha value is -2.82. The topological polar surface area (TPSA) is 51.1 Å². The SMILES string of the molecule is COc1cccc(CN(C[C@H]2CC(c3ccccc3)=NO2)C(=O)CC(C)(C)C)c1. The quantitative estimate of drug-likeness (QED) is 0.687. The van der Waals surface area contributed by atoms with Crippen molar-refractivity contribution in [1.29, 1.82) is 0 Å². The zero-order valence-electron chi connectivity index (χ0n) is 17.7. The predicted octanol–water partition coefficient (Wildman–Crippen LogP) is 4.65. The van der Waals surface area contributed by atoms with E-state index in [0.717, 1.165) is 22.6 Å². The molecule has 1 aliphatic rings. The van der Waals surface area contributed by atoms with Crippen LogP contribution in [0.5, 0.6) is 5.75 Å². The van der Waals surface area contributed by atoms with Crippen molar-refractivity contribution < 1.29 is 14.4 Å². The lowest BCUT2D eigenvalue weighted by Crippen LogP contribution is -2.38. The first-order valence-corrected chi connectivity index (χ1v) is 10.0. The summed E-state index contributed by atoms with van der Waals surface area (Å²) in [6.07, 6.45) is 1.04. The Labute approximate surface area is 173 Å². The molecule has 0 spiro atoms. The number of ether oxygens (including phenoxy) is 1. The first-order valence-electron chi connectivity index (χ1n) is 10.0. The van der Waals surface area contributed by atoms with Gasteiger partial charge >= 0.3 is 0 Å². The molecule has 0 saturated heterocycles. The number of hydrogen-bond acceptors (Lipinski definition) is 4. The molecule has 0 N–H and O–H groups in total. The van der Waals surface area contributed by atoms with Gasteiger partial charge in [-0.15, -0.1) is 0 Å². The van der Waals surface area contributed by atoms with E-state index in [1.807, 2.05) is 59.5 Å². The zero-order chi connectivity index (χ0) is 20.9. The molecule has 5 heteroatoms. The Bertz CT molecular complexity index is 856. The molecule has 154 valence electrons. The molecule has 1 amide bonds. The summed E-state index contributed by atoms with van der Waals surface area (Å²) in [6.45, 7) is 7.27. The van der Waals surface area contributed by atoms with Crippen molar-refractivity contribution in [2.75, 3.05) is 13.7 Å². The normalized spacial score (nSPS) is 16.1. The predicted molar refractivity (Wildman–Crippen MR) is 115 cm³/mol. The number of methoxy groups -OCH3 is 1. The van der Waals surface area contributed by atoms with Gasteiger partial charge in [0.15, 0.2) is 6.10 Å². The number of oxime groups is 1. The van der Waals surface area contributed by atoms with Gasteiger partial charge in [0, 0.05) is 19.4 Å². The summed E-state index contributed by atoms with van der Waals surface area (Å²) in [5.41, 5.74) is 2.95. The minimum absolute atomic E-state index is 0.0774. The van der Waals surface area contributed by atoms with Crippen LogP contribution in [0.4, 0.5) is 0 Å². The molecule has 29 heavy (non-hydrogen) atoms. The molecular weight excluding hydrogens is 364 g/mol. The molecule has 0 radical (unpaired) electrons. The van der Waals surface area contributed by atoms with Crippen LogP contribution >= 0.6 is 0 Å². The van der Waals surface area contributed by atoms with Crippen molar-refractivity contribution in [3.63, 3.8) is 0 Å². The van der Waals surface area contributed by atoms with Gasteiger partial charge in [-0.2, -0.15) is 0 Å². The second-order valence-electron chi connectivity index (χ2n) is 8.70. The fourth-order valence-corrected chi connectivity index (χ4v) is 3.38. The molecule has 0 aliphatic carbocycles. The Balaban J connectivity index is 1.70. The van der Waals surface area contributed by atoms with Gasteiger partial charge in [0.2, 0.25) is 5.91 Å². The number of carbonyl (C=O) groups is 1. The van der Waals surface area contributed by atoms with Crippen molar-refractivity contribution in [3.8, 4) is 5.75 Å². The highest BCUT2D eigenvalue weighted by Gasteiger charge is 2.28. The molecule has 0 aromatic heterocycles. The molecule has 1 aliphatic heterocycles. The fourth-order valence-electron chi connectivity index (χ4n) is 3.38. The van der Waals surface area contributed by atoms with Gasteiger partial charge in [0.05, 0.1) is 19.4 Å². The summed E-state index contributed by atoms with van der Waals surface area (Å²) >= 11 is 0. The summed E-state index contributed by atoms with van der Waals surface area (Å²) in [6, 6.07) is 17.9. The van der Waals surface area contributed by atoms with E-state index >= 15 is 0 Å². The van der Waals surface area contributed by atoms with Gasteiger partial charge in [-0.05, 0) is 28.7 Å². The molecule has 1 heterocycles. The van der Waals surface area contributed by atoms with Gasteiger partial charge in [0.1, 0.15) is 5.75 Å². The van der Waals surface area contributed by atoms with E-state index in [1.54, 1.807) is 7.11 Å². The lowest BCUT2D eigenvalue weighted by molar-refractivity contribution is -0.135. The summed E-state index contributed by atoms with van der Waals surface area (Å²) in [4.78, 5) is 20.6. The third-order valence-electron chi connectivity index (χ3n) is 4.81. The summed E-state index contributed by atoms with van der Waals surface area (Å²) in [5, 5.41) is 4.27. The van der Waals surface area contributed by atoms with Crippen LogP contribution in [0.1, 0.15) is 44.7 Å². The average Bonchev–Trinajstić information content (AvgIpc) is 3.16. The van der Waals surface area contributed by atoms with Gasteiger partial charge in [0.25, 0.3) is 0 Å².